The number of aliphatic hydroxyl groups excluding tert-OH is 1. The molecular formula is C32H41N3O6. The molecule has 7 atom stereocenters. The van der Waals surface area contributed by atoms with Gasteiger partial charge < -0.3 is 30.1 Å². The molecule has 9 heteroatoms. The Kier molecular flexibility index (Phi) is 7.87. The highest BCUT2D eigenvalue weighted by molar-refractivity contribution is 6.04. The van der Waals surface area contributed by atoms with Crippen molar-refractivity contribution < 1.29 is 29.0 Å². The van der Waals surface area contributed by atoms with Crippen LogP contribution in [0.4, 0.5) is 5.69 Å². The van der Waals surface area contributed by atoms with Crippen LogP contribution in [-0.2, 0) is 25.7 Å². The number of rotatable bonds is 10. The van der Waals surface area contributed by atoms with E-state index < -0.39 is 41.0 Å². The van der Waals surface area contributed by atoms with E-state index in [9.17, 15) is 19.5 Å². The predicted octanol–water partition coefficient (Wildman–Crippen LogP) is 3.37. The largest absolute Gasteiger partial charge is 0.497 e. The number of anilines is 1. The first kappa shape index (κ1) is 29.1. The van der Waals surface area contributed by atoms with Crippen molar-refractivity contribution in [3.8, 4) is 5.75 Å². The Balaban J connectivity index is 1.52. The fourth-order valence-corrected chi connectivity index (χ4v) is 7.37. The molecule has 3 aliphatic heterocycles. The molecule has 0 aromatic heterocycles. The van der Waals surface area contributed by atoms with Crippen LogP contribution in [0.3, 0.4) is 0 Å². The van der Waals surface area contributed by atoms with Crippen LogP contribution in [-0.4, -0.2) is 64.7 Å². The lowest BCUT2D eigenvalue weighted by atomic mass is 9.62. The van der Waals surface area contributed by atoms with E-state index in [0.717, 1.165) is 5.56 Å². The molecule has 3 amide bonds. The highest BCUT2D eigenvalue weighted by Gasteiger charge is 2.80. The number of likely N-dealkylation sites (tertiary alicyclic amines) is 1. The predicted molar refractivity (Wildman–Crippen MR) is 154 cm³/mol. The Morgan fingerprint density at radius 3 is 2.41 bits per heavy atom. The summed E-state index contributed by atoms with van der Waals surface area (Å²) in [5, 5.41) is 16.5. The molecule has 3 heterocycles. The van der Waals surface area contributed by atoms with Crippen molar-refractivity contribution in [2.75, 3.05) is 19.0 Å². The summed E-state index contributed by atoms with van der Waals surface area (Å²) in [6, 6.07) is 15.0. The third-order valence-electron chi connectivity index (χ3n) is 9.30. The standard InChI is InChI=1S/C32H41N3O6/c1-19(2)15-23(18-36)35-27(29(38)34-22-11-13-24(40-5)14-12-22)32-16-20(3)31(4,41-32)25(26(32)30(35)39)28(37)33-17-21-9-7-6-8-10-21/h6-14,19-20,23,25-27,36H,15-18H2,1-5H3,(H,33,37)(H,34,38)/t20?,23-,25-,26+,27?,31+,32?/m1/s1. The number of methoxy groups -OCH3 is 1. The van der Waals surface area contributed by atoms with E-state index in [-0.39, 0.29) is 30.3 Å². The molecule has 0 saturated carbocycles. The number of amides is 3. The van der Waals surface area contributed by atoms with Crippen LogP contribution < -0.4 is 15.4 Å². The smallest absolute Gasteiger partial charge is 0.250 e. The molecule has 2 aromatic rings. The summed E-state index contributed by atoms with van der Waals surface area (Å²) in [4.78, 5) is 44.0. The Morgan fingerprint density at radius 1 is 1.12 bits per heavy atom. The molecule has 3 saturated heterocycles. The number of carbonyl (C=O) groups excluding carboxylic acids is 3. The summed E-state index contributed by atoms with van der Waals surface area (Å²) in [6.07, 6.45) is 0.967. The van der Waals surface area contributed by atoms with Crippen LogP contribution in [0.25, 0.3) is 0 Å². The summed E-state index contributed by atoms with van der Waals surface area (Å²) in [5.41, 5.74) is -0.609. The zero-order chi connectivity index (χ0) is 29.5. The van der Waals surface area contributed by atoms with Crippen LogP contribution in [0.2, 0.25) is 0 Å². The minimum Gasteiger partial charge on any atom is -0.497 e. The number of fused-ring (bicyclic) bond motifs is 1. The summed E-state index contributed by atoms with van der Waals surface area (Å²) in [5.74, 6) is -1.83. The SMILES string of the molecule is COc1ccc(NC(=O)C2N([C@@H](CO)CC(C)C)C(=O)[C@@H]3[C@H](C(=O)NCc4ccccc4)[C@@]4(C)OC23CC4C)cc1. The maximum atomic E-state index is 14.4. The van der Waals surface area contributed by atoms with E-state index in [4.69, 9.17) is 9.47 Å². The molecule has 3 fully saturated rings. The molecule has 3 unspecified atom stereocenters. The summed E-state index contributed by atoms with van der Waals surface area (Å²) < 4.78 is 12.0. The number of aliphatic hydroxyl groups is 1. The van der Waals surface area contributed by atoms with Gasteiger partial charge in [0.1, 0.15) is 17.4 Å². The molecular weight excluding hydrogens is 522 g/mol. The quantitative estimate of drug-likeness (QED) is 0.408. The Morgan fingerprint density at radius 2 is 1.80 bits per heavy atom. The van der Waals surface area contributed by atoms with Crippen molar-refractivity contribution in [3.05, 3.63) is 60.2 Å². The number of ether oxygens (including phenoxy) is 2. The van der Waals surface area contributed by atoms with Crippen molar-refractivity contribution in [1.29, 1.82) is 0 Å². The fraction of sp³-hybridized carbons (Fsp3) is 0.531. The van der Waals surface area contributed by atoms with E-state index in [2.05, 4.69) is 10.6 Å². The third-order valence-corrected chi connectivity index (χ3v) is 9.30. The van der Waals surface area contributed by atoms with Gasteiger partial charge in [-0.15, -0.1) is 0 Å². The maximum Gasteiger partial charge on any atom is 0.250 e. The van der Waals surface area contributed by atoms with Gasteiger partial charge in [0.15, 0.2) is 0 Å². The lowest BCUT2D eigenvalue weighted by Gasteiger charge is -2.37. The van der Waals surface area contributed by atoms with Crippen LogP contribution in [0, 0.1) is 23.7 Å². The first-order valence-corrected chi connectivity index (χ1v) is 14.5. The molecule has 5 rings (SSSR count). The van der Waals surface area contributed by atoms with Gasteiger partial charge in [-0.1, -0.05) is 51.1 Å². The fourth-order valence-electron chi connectivity index (χ4n) is 7.37. The number of benzene rings is 2. The van der Waals surface area contributed by atoms with E-state index in [0.29, 0.717) is 30.8 Å². The van der Waals surface area contributed by atoms with Crippen LogP contribution in [0.5, 0.6) is 5.75 Å². The van der Waals surface area contributed by atoms with Crippen LogP contribution in [0.15, 0.2) is 54.6 Å². The van der Waals surface area contributed by atoms with E-state index in [1.807, 2.05) is 58.0 Å². The monoisotopic (exact) mass is 563 g/mol. The van der Waals surface area contributed by atoms with Gasteiger partial charge in [-0.2, -0.15) is 0 Å². The van der Waals surface area contributed by atoms with Gasteiger partial charge >= 0.3 is 0 Å². The molecule has 1 spiro atoms. The number of hydrogen-bond donors (Lipinski definition) is 3. The minimum absolute atomic E-state index is 0.0760. The van der Waals surface area contributed by atoms with Crippen LogP contribution >= 0.6 is 0 Å². The first-order valence-electron chi connectivity index (χ1n) is 14.5. The Labute approximate surface area is 241 Å². The lowest BCUT2D eigenvalue weighted by molar-refractivity contribution is -0.149. The number of nitrogens with one attached hydrogen (secondary N) is 2. The number of carbonyl (C=O) groups is 3. The molecule has 0 aliphatic carbocycles. The van der Waals surface area contributed by atoms with Gasteiger partial charge in [0.05, 0.1) is 37.2 Å². The summed E-state index contributed by atoms with van der Waals surface area (Å²) in [6.45, 7) is 7.97. The molecule has 3 N–H and O–H groups in total. The van der Waals surface area contributed by atoms with E-state index in [1.54, 1.807) is 31.4 Å². The molecule has 0 radical (unpaired) electrons. The number of hydrogen-bond acceptors (Lipinski definition) is 6. The molecule has 9 nitrogen and oxygen atoms in total. The average Bonchev–Trinajstić information content (AvgIpc) is 3.47. The second-order valence-electron chi connectivity index (χ2n) is 12.3. The second kappa shape index (κ2) is 11.1. The molecule has 2 bridgehead atoms. The zero-order valence-electron chi connectivity index (χ0n) is 24.4. The van der Waals surface area contributed by atoms with E-state index >= 15 is 0 Å². The summed E-state index contributed by atoms with van der Waals surface area (Å²) in [7, 11) is 1.57. The minimum atomic E-state index is -1.19. The maximum absolute atomic E-state index is 14.4. The third kappa shape index (κ3) is 4.89. The molecule has 2 aromatic carbocycles. The normalized spacial score (nSPS) is 30.8. The highest BCUT2D eigenvalue weighted by atomic mass is 16.5. The first-order chi connectivity index (χ1) is 19.6. The van der Waals surface area contributed by atoms with Crippen molar-refractivity contribution in [2.24, 2.45) is 23.7 Å². The molecule has 41 heavy (non-hydrogen) atoms. The molecule has 220 valence electrons. The highest BCUT2D eigenvalue weighted by Crippen LogP contribution is 2.65. The van der Waals surface area contributed by atoms with Gasteiger partial charge in [0.2, 0.25) is 17.7 Å². The Bertz CT molecular complexity index is 1280. The number of nitrogens with zero attached hydrogens (tertiary/aromatic N) is 1. The van der Waals surface area contributed by atoms with Gasteiger partial charge in [0, 0.05) is 12.2 Å². The topological polar surface area (TPSA) is 117 Å². The van der Waals surface area contributed by atoms with E-state index in [1.165, 1.54) is 4.90 Å². The Hall–Kier alpha value is -3.43. The van der Waals surface area contributed by atoms with Crippen molar-refractivity contribution in [2.45, 2.75) is 70.4 Å². The van der Waals surface area contributed by atoms with Crippen molar-refractivity contribution in [3.63, 3.8) is 0 Å². The van der Waals surface area contributed by atoms with Gasteiger partial charge in [0.25, 0.3) is 0 Å². The second-order valence-corrected chi connectivity index (χ2v) is 12.3. The van der Waals surface area contributed by atoms with Crippen LogP contribution in [0.1, 0.15) is 46.1 Å². The summed E-state index contributed by atoms with van der Waals surface area (Å²) >= 11 is 0. The van der Waals surface area contributed by atoms with Gasteiger partial charge in [-0.3, -0.25) is 14.4 Å². The van der Waals surface area contributed by atoms with Crippen molar-refractivity contribution in [1.82, 2.24) is 10.2 Å². The van der Waals surface area contributed by atoms with Crippen molar-refractivity contribution >= 4 is 23.4 Å². The zero-order valence-corrected chi connectivity index (χ0v) is 24.4. The van der Waals surface area contributed by atoms with Gasteiger partial charge in [-0.25, -0.2) is 0 Å². The lowest BCUT2D eigenvalue weighted by Crippen LogP contribution is -2.56. The average molecular weight is 564 g/mol. The molecule has 3 aliphatic rings. The van der Waals surface area contributed by atoms with Gasteiger partial charge in [-0.05, 0) is 61.4 Å².